The first-order chi connectivity index (χ1) is 15.9. The minimum absolute atomic E-state index is 0.0511. The van der Waals surface area contributed by atoms with Crippen molar-refractivity contribution in [1.29, 1.82) is 0 Å². The van der Waals surface area contributed by atoms with E-state index < -0.39 is 28.4 Å². The lowest BCUT2D eigenvalue weighted by Crippen LogP contribution is -2.30. The predicted octanol–water partition coefficient (Wildman–Crippen LogP) is 3.25. The molecule has 1 N–H and O–H groups in total. The molecule has 0 aliphatic carbocycles. The van der Waals surface area contributed by atoms with Crippen molar-refractivity contribution >= 4 is 29.7 Å². The number of amides is 3. The standard InChI is InChI=1S/C22H23N3O9/c1-22(2,3)34-18-15(25(29)30)9-12(10-17(18)31-4)8-14-19(26)24(21(28)23-14)11-13-6-7-16(33-13)20(27)32-5/h6-10H,11H2,1-5H3,(H,23,28)/b14-8-. The molecule has 0 spiro atoms. The van der Waals surface area contributed by atoms with Gasteiger partial charge < -0.3 is 23.9 Å². The Bertz CT molecular complexity index is 1190. The number of nitro groups is 1. The van der Waals surface area contributed by atoms with Gasteiger partial charge in [-0.25, -0.2) is 9.59 Å². The lowest BCUT2D eigenvalue weighted by molar-refractivity contribution is -0.386. The molecule has 0 saturated carbocycles. The summed E-state index contributed by atoms with van der Waals surface area (Å²) in [5.74, 6) is -1.22. The molecule has 34 heavy (non-hydrogen) atoms. The predicted molar refractivity (Wildman–Crippen MR) is 117 cm³/mol. The first-order valence-electron chi connectivity index (χ1n) is 10.0. The van der Waals surface area contributed by atoms with Crippen LogP contribution < -0.4 is 14.8 Å². The van der Waals surface area contributed by atoms with Crippen LogP contribution in [0.25, 0.3) is 6.08 Å². The first-order valence-corrected chi connectivity index (χ1v) is 10.0. The Kier molecular flexibility index (Phi) is 6.61. The highest BCUT2D eigenvalue weighted by Gasteiger charge is 2.35. The van der Waals surface area contributed by atoms with E-state index in [2.05, 4.69) is 10.1 Å². The summed E-state index contributed by atoms with van der Waals surface area (Å²) in [4.78, 5) is 48.6. The molecule has 12 nitrogen and oxygen atoms in total. The van der Waals surface area contributed by atoms with Gasteiger partial charge in [-0.2, -0.15) is 0 Å². The molecule has 1 saturated heterocycles. The molecule has 2 aromatic rings. The molecule has 12 heteroatoms. The number of nitro benzene ring substituents is 1. The van der Waals surface area contributed by atoms with Crippen molar-refractivity contribution in [2.45, 2.75) is 32.9 Å². The number of esters is 1. The van der Waals surface area contributed by atoms with Gasteiger partial charge in [0, 0.05) is 6.07 Å². The van der Waals surface area contributed by atoms with Gasteiger partial charge in [0.25, 0.3) is 5.91 Å². The molecule has 3 amide bonds. The molecule has 1 aromatic heterocycles. The minimum atomic E-state index is -0.729. The van der Waals surface area contributed by atoms with Crippen LogP contribution in [0.2, 0.25) is 0 Å². The fourth-order valence-corrected chi connectivity index (χ4v) is 3.10. The molecule has 2 heterocycles. The van der Waals surface area contributed by atoms with Crippen molar-refractivity contribution in [3.63, 3.8) is 0 Å². The van der Waals surface area contributed by atoms with Crippen molar-refractivity contribution in [1.82, 2.24) is 10.2 Å². The van der Waals surface area contributed by atoms with E-state index in [0.29, 0.717) is 0 Å². The summed E-state index contributed by atoms with van der Waals surface area (Å²) < 4.78 is 20.8. The number of rotatable bonds is 7. The van der Waals surface area contributed by atoms with Crippen molar-refractivity contribution in [3.8, 4) is 11.5 Å². The summed E-state index contributed by atoms with van der Waals surface area (Å²) >= 11 is 0. The van der Waals surface area contributed by atoms with Gasteiger partial charge in [0.05, 0.1) is 25.7 Å². The van der Waals surface area contributed by atoms with Crippen molar-refractivity contribution in [3.05, 3.63) is 57.2 Å². The number of furan rings is 1. The molecular weight excluding hydrogens is 450 g/mol. The number of ether oxygens (including phenoxy) is 3. The Labute approximate surface area is 194 Å². The molecule has 1 aliphatic heterocycles. The zero-order chi connectivity index (χ0) is 25.2. The number of hydrogen-bond acceptors (Lipinski definition) is 9. The van der Waals surface area contributed by atoms with Gasteiger partial charge >= 0.3 is 17.7 Å². The fraction of sp³-hybridized carbons (Fsp3) is 0.318. The van der Waals surface area contributed by atoms with Gasteiger partial charge in [0.2, 0.25) is 11.5 Å². The Morgan fingerprint density at radius 1 is 1.24 bits per heavy atom. The highest BCUT2D eigenvalue weighted by molar-refractivity contribution is 6.13. The maximum atomic E-state index is 12.8. The Morgan fingerprint density at radius 3 is 2.53 bits per heavy atom. The van der Waals surface area contributed by atoms with Crippen LogP contribution in [0.1, 0.15) is 42.6 Å². The van der Waals surface area contributed by atoms with Crippen LogP contribution in [0.4, 0.5) is 10.5 Å². The molecule has 1 fully saturated rings. The highest BCUT2D eigenvalue weighted by Crippen LogP contribution is 2.41. The number of nitrogens with zero attached hydrogens (tertiary/aromatic N) is 2. The van der Waals surface area contributed by atoms with Gasteiger partial charge in [-0.3, -0.25) is 19.8 Å². The maximum absolute atomic E-state index is 12.8. The van der Waals surface area contributed by atoms with E-state index in [0.717, 1.165) is 4.90 Å². The van der Waals surface area contributed by atoms with Crippen LogP contribution in [-0.4, -0.2) is 47.6 Å². The molecule has 1 aromatic carbocycles. The van der Waals surface area contributed by atoms with Crippen LogP contribution in [0.15, 0.2) is 34.4 Å². The fourth-order valence-electron chi connectivity index (χ4n) is 3.10. The highest BCUT2D eigenvalue weighted by atomic mass is 16.6. The third-order valence-corrected chi connectivity index (χ3v) is 4.52. The van der Waals surface area contributed by atoms with Crippen molar-refractivity contribution in [2.24, 2.45) is 0 Å². The number of benzene rings is 1. The SMILES string of the molecule is COC(=O)c1ccc(CN2C(=O)N/C(=C\c3cc(OC)c(OC(C)(C)C)c([N+](=O)[O-])c3)C2=O)o1. The minimum Gasteiger partial charge on any atom is -0.493 e. The first kappa shape index (κ1) is 24.3. The second kappa shape index (κ2) is 9.25. The molecule has 180 valence electrons. The number of methoxy groups -OCH3 is 2. The van der Waals surface area contributed by atoms with E-state index in [4.69, 9.17) is 13.9 Å². The number of urea groups is 1. The Hall–Kier alpha value is -4.35. The molecular formula is C22H23N3O9. The van der Waals surface area contributed by atoms with Crippen LogP contribution in [-0.2, 0) is 16.1 Å². The molecule has 3 rings (SSSR count). The molecule has 0 bridgehead atoms. The zero-order valence-electron chi connectivity index (χ0n) is 19.2. The van der Waals surface area contributed by atoms with Gasteiger partial charge in [0.1, 0.15) is 17.1 Å². The van der Waals surface area contributed by atoms with E-state index in [1.54, 1.807) is 20.8 Å². The van der Waals surface area contributed by atoms with E-state index in [1.165, 1.54) is 44.6 Å². The normalized spacial score (nSPS) is 14.9. The van der Waals surface area contributed by atoms with Crippen LogP contribution in [0, 0.1) is 10.1 Å². The van der Waals surface area contributed by atoms with E-state index in [-0.39, 0.29) is 46.5 Å². The van der Waals surface area contributed by atoms with Crippen LogP contribution >= 0.6 is 0 Å². The zero-order valence-corrected chi connectivity index (χ0v) is 19.2. The van der Waals surface area contributed by atoms with E-state index in [9.17, 15) is 24.5 Å². The monoisotopic (exact) mass is 473 g/mol. The summed E-state index contributed by atoms with van der Waals surface area (Å²) in [6.45, 7) is 4.97. The van der Waals surface area contributed by atoms with E-state index >= 15 is 0 Å². The summed E-state index contributed by atoms with van der Waals surface area (Å²) in [6, 6.07) is 4.76. The van der Waals surface area contributed by atoms with Gasteiger partial charge in [-0.15, -0.1) is 0 Å². The quantitative estimate of drug-likeness (QED) is 0.210. The number of carbonyl (C=O) groups excluding carboxylic acids is 3. The number of hydrogen-bond donors (Lipinski definition) is 1. The number of imide groups is 1. The molecule has 0 atom stereocenters. The molecule has 0 unspecified atom stereocenters. The smallest absolute Gasteiger partial charge is 0.373 e. The second-order valence-corrected chi connectivity index (χ2v) is 8.18. The summed E-state index contributed by atoms with van der Waals surface area (Å²) in [5.41, 5.74) is -0.958. The third-order valence-electron chi connectivity index (χ3n) is 4.52. The van der Waals surface area contributed by atoms with Crippen LogP contribution in [0.3, 0.4) is 0 Å². The topological polar surface area (TPSA) is 150 Å². The van der Waals surface area contributed by atoms with Crippen molar-refractivity contribution in [2.75, 3.05) is 14.2 Å². The van der Waals surface area contributed by atoms with Gasteiger partial charge in [-0.05, 0) is 50.6 Å². The second-order valence-electron chi connectivity index (χ2n) is 8.18. The third kappa shape index (κ3) is 5.17. The average Bonchev–Trinajstić information content (AvgIpc) is 3.33. The van der Waals surface area contributed by atoms with Gasteiger partial charge in [0.15, 0.2) is 5.75 Å². The lowest BCUT2D eigenvalue weighted by atomic mass is 10.1. The van der Waals surface area contributed by atoms with Crippen molar-refractivity contribution < 1.29 is 37.9 Å². The summed E-state index contributed by atoms with van der Waals surface area (Å²) in [7, 11) is 2.53. The molecule has 0 radical (unpaired) electrons. The number of carbonyl (C=O) groups is 3. The summed E-state index contributed by atoms with van der Waals surface area (Å²) in [5, 5.41) is 14.1. The average molecular weight is 473 g/mol. The van der Waals surface area contributed by atoms with Crippen LogP contribution in [0.5, 0.6) is 11.5 Å². The van der Waals surface area contributed by atoms with Gasteiger partial charge in [-0.1, -0.05) is 0 Å². The Morgan fingerprint density at radius 2 is 1.94 bits per heavy atom. The lowest BCUT2D eigenvalue weighted by Gasteiger charge is -2.22. The Balaban J connectivity index is 1.91. The summed E-state index contributed by atoms with van der Waals surface area (Å²) in [6.07, 6.45) is 1.29. The van der Waals surface area contributed by atoms with E-state index in [1.807, 2.05) is 0 Å². The largest absolute Gasteiger partial charge is 0.493 e. The number of nitrogens with one attached hydrogen (secondary N) is 1. The maximum Gasteiger partial charge on any atom is 0.373 e. The molecule has 1 aliphatic rings.